The van der Waals surface area contributed by atoms with E-state index in [0.717, 1.165) is 0 Å². The molecule has 2 nitrogen and oxygen atoms in total. The van der Waals surface area contributed by atoms with Gasteiger partial charge in [0.15, 0.2) is 0 Å². The maximum atomic E-state index is 9.56. The number of aliphatic hydroxyl groups excluding tert-OH is 1. The van der Waals surface area contributed by atoms with Crippen molar-refractivity contribution in [3.63, 3.8) is 0 Å². The quantitative estimate of drug-likeness (QED) is 0.275. The van der Waals surface area contributed by atoms with Crippen LogP contribution in [0.4, 0.5) is 0 Å². The van der Waals surface area contributed by atoms with Gasteiger partial charge >= 0.3 is 0 Å². The van der Waals surface area contributed by atoms with Crippen LogP contribution in [0.3, 0.4) is 0 Å². The molecule has 5 heavy (non-hydrogen) atoms. The van der Waals surface area contributed by atoms with Crippen molar-refractivity contribution in [2.24, 2.45) is 0 Å². The van der Waals surface area contributed by atoms with Crippen LogP contribution in [0, 0.1) is 0 Å². The summed E-state index contributed by atoms with van der Waals surface area (Å²) in [6.07, 6.45) is -1.44. The zero-order valence-electron chi connectivity index (χ0n) is 4.43. The average molecular weight is 74.1 g/mol. The van der Waals surface area contributed by atoms with E-state index < -0.39 is 12.5 Å². The monoisotopic (exact) mass is 74.0 g/mol. The molecule has 0 aliphatic carbocycles. The van der Waals surface area contributed by atoms with Crippen LogP contribution in [-0.2, 0) is 4.79 Å². The van der Waals surface area contributed by atoms with E-state index in [1.54, 1.807) is 0 Å². The Balaban J connectivity index is 3.68. The molecule has 2 heteroatoms. The first kappa shape index (κ1) is 1.60. The number of carbonyl (C=O) groups excluding carboxylic acids is 1. The highest BCUT2D eigenvalue weighted by molar-refractivity contribution is 5.63. The van der Waals surface area contributed by atoms with E-state index in [0.29, 0.717) is 6.08 Å². The van der Waals surface area contributed by atoms with Crippen LogP contribution >= 0.6 is 0 Å². The second-order valence-electron chi connectivity index (χ2n) is 0.391. The summed E-state index contributed by atoms with van der Waals surface area (Å²) >= 11 is 0. The Morgan fingerprint density at radius 2 is 2.60 bits per heavy atom. The third-order valence-electron chi connectivity index (χ3n) is 0.123. The molecule has 0 atom stereocenters. The third-order valence-corrected chi connectivity index (χ3v) is 0.123. The van der Waals surface area contributed by atoms with E-state index in [9.17, 15) is 4.79 Å². The predicted octanol–water partition coefficient (Wildman–Crippen LogP) is 0.257. The Kier molecular flexibility index (Phi) is 1.03. The van der Waals surface area contributed by atoms with Crippen molar-refractivity contribution >= 4 is 6.26 Å². The Labute approximate surface area is 32.5 Å². The SMILES string of the molecule is [2H]C(=O)/C=C(\[2H])O. The minimum absolute atomic E-state index is 0.500. The fraction of sp³-hybridized carbons (Fsp3) is 0. The Morgan fingerprint density at radius 1 is 2.00 bits per heavy atom. The van der Waals surface area contributed by atoms with Crippen LogP contribution < -0.4 is 0 Å². The third kappa shape index (κ3) is 3.21. The molecule has 28 valence electrons. The molecule has 0 aliphatic heterocycles. The van der Waals surface area contributed by atoms with Gasteiger partial charge in [-0.25, -0.2) is 0 Å². The Hall–Kier alpha value is -0.790. The van der Waals surface area contributed by atoms with Crippen molar-refractivity contribution in [1.82, 2.24) is 0 Å². The van der Waals surface area contributed by atoms with Crippen molar-refractivity contribution in [2.75, 3.05) is 0 Å². The number of allylic oxidation sites excluding steroid dienone is 1. The van der Waals surface area contributed by atoms with Crippen LogP contribution in [0.2, 0.25) is 0 Å². The molecule has 0 rings (SSSR count). The highest BCUT2D eigenvalue weighted by atomic mass is 16.2. The topological polar surface area (TPSA) is 37.3 Å². The van der Waals surface area contributed by atoms with E-state index in [4.69, 9.17) is 7.85 Å². The molecule has 0 aromatic carbocycles. The molecule has 0 amide bonds. The number of rotatable bonds is 1. The molecular formula is C3H4O2. The number of hydrogen-bond donors (Lipinski definition) is 1. The molecule has 0 aromatic rings. The average Bonchev–Trinajstić information content (AvgIpc) is 1.27. The van der Waals surface area contributed by atoms with Crippen molar-refractivity contribution in [3.8, 4) is 0 Å². The van der Waals surface area contributed by atoms with Gasteiger partial charge < -0.3 is 5.11 Å². The fourth-order valence-electron chi connectivity index (χ4n) is 0.0264. The number of aliphatic hydroxyl groups is 1. The van der Waals surface area contributed by atoms with Crippen LogP contribution in [0.5, 0.6) is 0 Å². The number of aldehydes is 1. The zero-order chi connectivity index (χ0) is 5.86. The lowest BCUT2D eigenvalue weighted by Crippen LogP contribution is -1.53. The minimum Gasteiger partial charge on any atom is -0.515 e. The first-order valence-corrected chi connectivity index (χ1v) is 1.01. The van der Waals surface area contributed by atoms with E-state index in [1.807, 2.05) is 0 Å². The molecule has 0 radical (unpaired) electrons. The van der Waals surface area contributed by atoms with Crippen molar-refractivity contribution in [1.29, 1.82) is 0 Å². The van der Waals surface area contributed by atoms with Crippen molar-refractivity contribution < 1.29 is 12.6 Å². The van der Waals surface area contributed by atoms with E-state index >= 15 is 0 Å². The first-order chi connectivity index (χ1) is 3.13. The van der Waals surface area contributed by atoms with Crippen LogP contribution in [0.15, 0.2) is 12.3 Å². The lowest BCUT2D eigenvalue weighted by atomic mass is 10.7. The van der Waals surface area contributed by atoms with Gasteiger partial charge in [0, 0.05) is 6.08 Å². The standard InChI is InChI=1S/C3H4O2/c4-2-1-3-5/h1-4H/b2-1+/i2D,3D. The molecule has 0 bridgehead atoms. The molecule has 0 saturated heterocycles. The van der Waals surface area contributed by atoms with Crippen molar-refractivity contribution in [2.45, 2.75) is 0 Å². The smallest absolute Gasteiger partial charge is 0.145 e. The van der Waals surface area contributed by atoms with Gasteiger partial charge in [0.2, 0.25) is 0 Å². The summed E-state index contributed by atoms with van der Waals surface area (Å²) in [5.74, 6) is 0. The molecule has 0 saturated carbocycles. The predicted molar refractivity (Wildman–Crippen MR) is 17.8 cm³/mol. The van der Waals surface area contributed by atoms with Crippen molar-refractivity contribution in [3.05, 3.63) is 12.3 Å². The lowest BCUT2D eigenvalue weighted by molar-refractivity contribution is -0.104. The Morgan fingerprint density at radius 3 is 2.60 bits per heavy atom. The van der Waals surface area contributed by atoms with Gasteiger partial charge in [0.05, 0.1) is 6.24 Å². The van der Waals surface area contributed by atoms with Gasteiger partial charge in [-0.05, 0) is 0 Å². The zero-order valence-corrected chi connectivity index (χ0v) is 2.43. The van der Waals surface area contributed by atoms with Gasteiger partial charge in [0.1, 0.15) is 9.00 Å². The normalized spacial score (nSPS) is 16.4. The molecule has 0 heterocycles. The molecule has 0 aromatic heterocycles. The summed E-state index contributed by atoms with van der Waals surface area (Å²) in [4.78, 5) is 9.56. The van der Waals surface area contributed by atoms with Gasteiger partial charge in [-0.2, -0.15) is 0 Å². The first-order valence-electron chi connectivity index (χ1n) is 2.01. The summed E-state index contributed by atoms with van der Waals surface area (Å²) in [5, 5.41) is 7.91. The largest absolute Gasteiger partial charge is 0.515 e. The van der Waals surface area contributed by atoms with E-state index in [1.165, 1.54) is 0 Å². The molecule has 1 N–H and O–H groups in total. The van der Waals surface area contributed by atoms with Gasteiger partial charge in [-0.1, -0.05) is 0 Å². The maximum Gasteiger partial charge on any atom is 0.145 e. The Bertz CT molecular complexity index is 104. The number of hydrogen-bond acceptors (Lipinski definition) is 2. The molecular weight excluding hydrogens is 68.0 g/mol. The lowest BCUT2D eigenvalue weighted by Gasteiger charge is -1.54. The second-order valence-corrected chi connectivity index (χ2v) is 0.391. The summed E-state index contributed by atoms with van der Waals surface area (Å²) in [5.41, 5.74) is 0. The number of carbonyl (C=O) groups is 1. The summed E-state index contributed by atoms with van der Waals surface area (Å²) in [7, 11) is 0. The molecule has 0 aliphatic rings. The summed E-state index contributed by atoms with van der Waals surface area (Å²) in [6.45, 7) is 0. The minimum atomic E-state index is -1.06. The van der Waals surface area contributed by atoms with E-state index in [-0.39, 0.29) is 0 Å². The highest BCUT2D eigenvalue weighted by Crippen LogP contribution is 1.49. The van der Waals surface area contributed by atoms with Crippen LogP contribution in [-0.4, -0.2) is 11.4 Å². The van der Waals surface area contributed by atoms with Gasteiger partial charge in [-0.3, -0.25) is 4.79 Å². The van der Waals surface area contributed by atoms with E-state index in [2.05, 4.69) is 0 Å². The fourth-order valence-corrected chi connectivity index (χ4v) is 0.0264. The molecule has 0 spiro atoms. The maximum absolute atomic E-state index is 9.56. The molecule has 0 fully saturated rings. The second kappa shape index (κ2) is 3.21. The van der Waals surface area contributed by atoms with Gasteiger partial charge in [0.25, 0.3) is 0 Å². The molecule has 0 unspecified atom stereocenters. The summed E-state index contributed by atoms with van der Waals surface area (Å²) < 4.78 is 12.3. The summed E-state index contributed by atoms with van der Waals surface area (Å²) in [6, 6.07) is 0. The highest BCUT2D eigenvalue weighted by Gasteiger charge is 1.50. The van der Waals surface area contributed by atoms with Gasteiger partial charge in [-0.15, -0.1) is 0 Å². The van der Waals surface area contributed by atoms with Crippen LogP contribution in [0.25, 0.3) is 0 Å². The van der Waals surface area contributed by atoms with Crippen LogP contribution in [0.1, 0.15) is 2.74 Å².